The molecule has 0 aromatic heterocycles. The summed E-state index contributed by atoms with van der Waals surface area (Å²) in [5, 5.41) is 0. The number of carbonyl (C=O) groups is 2. The van der Waals surface area contributed by atoms with Gasteiger partial charge in [-0.1, -0.05) is 13.8 Å². The average molecular weight is 228 g/mol. The Hall–Kier alpha value is -1.06. The van der Waals surface area contributed by atoms with E-state index < -0.39 is 11.5 Å². The zero-order chi connectivity index (χ0) is 12.3. The van der Waals surface area contributed by atoms with Crippen molar-refractivity contribution in [3.63, 3.8) is 0 Å². The smallest absolute Gasteiger partial charge is 0.315 e. The van der Waals surface area contributed by atoms with Crippen LogP contribution in [0.3, 0.4) is 0 Å². The number of hydrogen-bond donors (Lipinski definition) is 0. The van der Waals surface area contributed by atoms with Crippen molar-refractivity contribution in [2.24, 2.45) is 11.3 Å². The summed E-state index contributed by atoms with van der Waals surface area (Å²) < 4.78 is 10.2. The fourth-order valence-electron chi connectivity index (χ4n) is 1.58. The standard InChI is InChI=1S/C12H20O4/c1-5-8(2)10(13)16-9(3)12(4)6-7-15-11(12)14/h8-9H,5-7H2,1-4H3. The Morgan fingerprint density at radius 2 is 2.19 bits per heavy atom. The number of rotatable bonds is 4. The van der Waals surface area contributed by atoms with Crippen molar-refractivity contribution in [2.75, 3.05) is 6.61 Å². The fraction of sp³-hybridized carbons (Fsp3) is 0.833. The summed E-state index contributed by atoms with van der Waals surface area (Å²) >= 11 is 0. The maximum Gasteiger partial charge on any atom is 0.315 e. The van der Waals surface area contributed by atoms with Gasteiger partial charge in [-0.2, -0.15) is 0 Å². The molecule has 0 N–H and O–H groups in total. The third-order valence-corrected chi connectivity index (χ3v) is 3.53. The Balaban J connectivity index is 2.61. The molecule has 1 aliphatic rings. The summed E-state index contributed by atoms with van der Waals surface area (Å²) in [6.07, 6.45) is 0.928. The predicted molar refractivity (Wildman–Crippen MR) is 58.7 cm³/mol. The Bertz CT molecular complexity index is 287. The van der Waals surface area contributed by atoms with Crippen LogP contribution in [0.1, 0.15) is 40.5 Å². The summed E-state index contributed by atoms with van der Waals surface area (Å²) in [6, 6.07) is 0. The molecule has 0 aromatic rings. The second kappa shape index (κ2) is 4.85. The van der Waals surface area contributed by atoms with E-state index in [9.17, 15) is 9.59 Å². The van der Waals surface area contributed by atoms with Gasteiger partial charge in [-0.15, -0.1) is 0 Å². The van der Waals surface area contributed by atoms with Gasteiger partial charge in [0.15, 0.2) is 0 Å². The third-order valence-electron chi connectivity index (χ3n) is 3.53. The zero-order valence-electron chi connectivity index (χ0n) is 10.4. The van der Waals surface area contributed by atoms with E-state index in [2.05, 4.69) is 0 Å². The number of carbonyl (C=O) groups excluding carboxylic acids is 2. The van der Waals surface area contributed by atoms with Gasteiger partial charge in [0.25, 0.3) is 0 Å². The van der Waals surface area contributed by atoms with Crippen LogP contribution in [0.2, 0.25) is 0 Å². The second-order valence-electron chi connectivity index (χ2n) is 4.69. The lowest BCUT2D eigenvalue weighted by atomic mass is 9.83. The van der Waals surface area contributed by atoms with Gasteiger partial charge in [-0.3, -0.25) is 9.59 Å². The SMILES string of the molecule is CCC(C)C(=O)OC(C)C1(C)CCOC1=O. The number of esters is 2. The minimum atomic E-state index is -0.677. The molecule has 0 bridgehead atoms. The van der Waals surface area contributed by atoms with Crippen LogP contribution in [0.4, 0.5) is 0 Å². The van der Waals surface area contributed by atoms with E-state index in [0.29, 0.717) is 13.0 Å². The summed E-state index contributed by atoms with van der Waals surface area (Å²) in [5.74, 6) is -0.628. The lowest BCUT2D eigenvalue weighted by Crippen LogP contribution is -2.38. The van der Waals surface area contributed by atoms with Crippen LogP contribution in [-0.4, -0.2) is 24.6 Å². The molecule has 0 aromatic carbocycles. The molecule has 3 unspecified atom stereocenters. The summed E-state index contributed by atoms with van der Waals surface area (Å²) in [4.78, 5) is 23.2. The van der Waals surface area contributed by atoms with Gasteiger partial charge in [0.2, 0.25) is 0 Å². The first-order chi connectivity index (χ1) is 7.41. The Morgan fingerprint density at radius 1 is 1.56 bits per heavy atom. The van der Waals surface area contributed by atoms with Crippen LogP contribution < -0.4 is 0 Å². The van der Waals surface area contributed by atoms with Crippen molar-refractivity contribution in [2.45, 2.75) is 46.6 Å². The van der Waals surface area contributed by atoms with Crippen LogP contribution in [-0.2, 0) is 19.1 Å². The van der Waals surface area contributed by atoms with E-state index in [-0.39, 0.29) is 17.9 Å². The Labute approximate surface area is 96.3 Å². The molecule has 92 valence electrons. The number of cyclic esters (lactones) is 1. The summed E-state index contributed by atoms with van der Waals surface area (Å²) in [6.45, 7) is 7.72. The van der Waals surface area contributed by atoms with E-state index in [1.54, 1.807) is 13.8 Å². The van der Waals surface area contributed by atoms with E-state index in [0.717, 1.165) is 6.42 Å². The molecule has 4 heteroatoms. The molecule has 1 saturated heterocycles. The molecular formula is C12H20O4. The van der Waals surface area contributed by atoms with Gasteiger partial charge in [0.05, 0.1) is 12.5 Å². The molecule has 1 aliphatic heterocycles. The molecular weight excluding hydrogens is 208 g/mol. The van der Waals surface area contributed by atoms with Gasteiger partial charge in [-0.25, -0.2) is 0 Å². The van der Waals surface area contributed by atoms with Crippen molar-refractivity contribution in [3.8, 4) is 0 Å². The molecule has 3 atom stereocenters. The van der Waals surface area contributed by atoms with Crippen molar-refractivity contribution >= 4 is 11.9 Å². The first-order valence-corrected chi connectivity index (χ1v) is 5.79. The number of hydrogen-bond acceptors (Lipinski definition) is 4. The molecule has 1 rings (SSSR count). The molecule has 0 radical (unpaired) electrons. The highest BCUT2D eigenvalue weighted by Gasteiger charge is 2.46. The van der Waals surface area contributed by atoms with Crippen LogP contribution in [0.15, 0.2) is 0 Å². The number of ether oxygens (including phenoxy) is 2. The molecule has 16 heavy (non-hydrogen) atoms. The molecule has 0 amide bonds. The Morgan fingerprint density at radius 3 is 2.62 bits per heavy atom. The highest BCUT2D eigenvalue weighted by Crippen LogP contribution is 2.35. The van der Waals surface area contributed by atoms with Gasteiger partial charge >= 0.3 is 11.9 Å². The van der Waals surface area contributed by atoms with Gasteiger partial charge in [-0.05, 0) is 20.3 Å². The van der Waals surface area contributed by atoms with E-state index in [1.807, 2.05) is 13.8 Å². The largest absolute Gasteiger partial charge is 0.465 e. The highest BCUT2D eigenvalue weighted by molar-refractivity contribution is 5.80. The van der Waals surface area contributed by atoms with Crippen LogP contribution in [0.25, 0.3) is 0 Å². The van der Waals surface area contributed by atoms with Gasteiger partial charge in [0.1, 0.15) is 11.5 Å². The monoisotopic (exact) mass is 228 g/mol. The zero-order valence-corrected chi connectivity index (χ0v) is 10.4. The lowest BCUT2D eigenvalue weighted by molar-refractivity contribution is -0.165. The average Bonchev–Trinajstić information content (AvgIpc) is 2.59. The predicted octanol–water partition coefficient (Wildman–Crippen LogP) is 1.92. The van der Waals surface area contributed by atoms with Crippen molar-refractivity contribution in [1.29, 1.82) is 0 Å². The van der Waals surface area contributed by atoms with E-state index >= 15 is 0 Å². The second-order valence-corrected chi connectivity index (χ2v) is 4.69. The summed E-state index contributed by atoms with van der Waals surface area (Å²) in [7, 11) is 0. The normalized spacial score (nSPS) is 28.4. The Kier molecular flexibility index (Phi) is 3.94. The van der Waals surface area contributed by atoms with Crippen molar-refractivity contribution in [1.82, 2.24) is 0 Å². The highest BCUT2D eigenvalue weighted by atomic mass is 16.6. The van der Waals surface area contributed by atoms with E-state index in [4.69, 9.17) is 9.47 Å². The van der Waals surface area contributed by atoms with Crippen LogP contribution in [0.5, 0.6) is 0 Å². The first-order valence-electron chi connectivity index (χ1n) is 5.79. The maximum absolute atomic E-state index is 11.6. The minimum absolute atomic E-state index is 0.122. The molecule has 1 fully saturated rings. The minimum Gasteiger partial charge on any atom is -0.465 e. The summed E-state index contributed by atoms with van der Waals surface area (Å²) in [5.41, 5.74) is -0.677. The molecule has 0 saturated carbocycles. The van der Waals surface area contributed by atoms with Gasteiger partial charge in [0, 0.05) is 6.42 Å². The third kappa shape index (κ3) is 2.36. The fourth-order valence-corrected chi connectivity index (χ4v) is 1.58. The van der Waals surface area contributed by atoms with E-state index in [1.165, 1.54) is 0 Å². The molecule has 0 aliphatic carbocycles. The van der Waals surface area contributed by atoms with Crippen molar-refractivity contribution < 1.29 is 19.1 Å². The topological polar surface area (TPSA) is 52.6 Å². The quantitative estimate of drug-likeness (QED) is 0.690. The maximum atomic E-state index is 11.6. The van der Waals surface area contributed by atoms with Crippen molar-refractivity contribution in [3.05, 3.63) is 0 Å². The molecule has 0 spiro atoms. The van der Waals surface area contributed by atoms with Crippen LogP contribution >= 0.6 is 0 Å². The van der Waals surface area contributed by atoms with Gasteiger partial charge < -0.3 is 9.47 Å². The molecule has 1 heterocycles. The first kappa shape index (κ1) is 13.0. The molecule has 4 nitrogen and oxygen atoms in total. The lowest BCUT2D eigenvalue weighted by Gasteiger charge is -2.27. The van der Waals surface area contributed by atoms with Crippen LogP contribution in [0, 0.1) is 11.3 Å².